The number of nitrogens with zero attached hydrogens (tertiary/aromatic N) is 2. The molecule has 0 radical (unpaired) electrons. The van der Waals surface area contributed by atoms with Crippen molar-refractivity contribution >= 4 is 37.6 Å². The molecule has 0 fully saturated rings. The van der Waals surface area contributed by atoms with Gasteiger partial charge in [0, 0.05) is 26.8 Å². The molecular weight excluding hydrogens is 544 g/mol. The molecule has 0 aliphatic heterocycles. The molecule has 2 atom stereocenters. The van der Waals surface area contributed by atoms with Crippen LogP contribution in [0.1, 0.15) is 42.4 Å². The van der Waals surface area contributed by atoms with Gasteiger partial charge in [-0.2, -0.15) is 0 Å². The Balaban J connectivity index is 1.76. The van der Waals surface area contributed by atoms with Crippen molar-refractivity contribution in [2.45, 2.75) is 31.1 Å². The number of benzene rings is 4. The molecule has 39 heavy (non-hydrogen) atoms. The Morgan fingerprint density at radius 3 is 2.26 bits per heavy atom. The Kier molecular flexibility index (Phi) is 7.80. The van der Waals surface area contributed by atoms with Crippen LogP contribution in [0.4, 0.5) is 0 Å². The summed E-state index contributed by atoms with van der Waals surface area (Å²) in [5.74, 6) is 0.732. The van der Waals surface area contributed by atoms with E-state index >= 15 is 0 Å². The van der Waals surface area contributed by atoms with E-state index in [-0.39, 0.29) is 11.3 Å². The van der Waals surface area contributed by atoms with Gasteiger partial charge in [0.05, 0.1) is 40.3 Å². The Morgan fingerprint density at radius 1 is 0.821 bits per heavy atom. The van der Waals surface area contributed by atoms with E-state index in [1.54, 1.807) is 7.11 Å². The van der Waals surface area contributed by atoms with Gasteiger partial charge in [0.2, 0.25) is 5.88 Å². The van der Waals surface area contributed by atoms with Crippen LogP contribution in [-0.4, -0.2) is 44.3 Å². The van der Waals surface area contributed by atoms with E-state index in [1.165, 1.54) is 21.9 Å². The summed E-state index contributed by atoms with van der Waals surface area (Å²) in [4.78, 5) is 5.01. The summed E-state index contributed by atoms with van der Waals surface area (Å²) in [6.45, 7) is 3.54. The van der Waals surface area contributed by atoms with Gasteiger partial charge in [0.15, 0.2) is 0 Å². The summed E-state index contributed by atoms with van der Waals surface area (Å²) in [6.07, 6.45) is 2.13. The van der Waals surface area contributed by atoms with Gasteiger partial charge in [0.25, 0.3) is 0 Å². The average molecular weight is 583 g/mol. The number of aromatic nitrogens is 1. The van der Waals surface area contributed by atoms with E-state index < -0.39 is 0 Å². The highest BCUT2D eigenvalue weighted by molar-refractivity contribution is 9.10. The lowest BCUT2D eigenvalue weighted by molar-refractivity contribution is -0.870. The monoisotopic (exact) mass is 581 g/mol. The lowest BCUT2D eigenvalue weighted by Gasteiger charge is -2.40. The summed E-state index contributed by atoms with van der Waals surface area (Å²) in [6, 6.07) is 35.1. The molecule has 1 aromatic heterocycles. The first-order valence-electron chi connectivity index (χ1n) is 13.7. The Hall–Kier alpha value is -3.21. The lowest BCUT2D eigenvalue weighted by atomic mass is 9.63. The van der Waals surface area contributed by atoms with E-state index in [1.807, 2.05) is 12.1 Å². The molecular formula is C35H38BrN2O+. The molecule has 1 heterocycles. The summed E-state index contributed by atoms with van der Waals surface area (Å²) in [7, 11) is 8.56. The molecule has 200 valence electrons. The molecule has 2 unspecified atom stereocenters. The third-order valence-electron chi connectivity index (χ3n) is 7.98. The molecule has 4 heteroatoms. The number of methoxy groups -OCH3 is 1. The minimum absolute atomic E-state index is 0.0400. The number of ether oxygens (including phenoxy) is 1. The van der Waals surface area contributed by atoms with Crippen LogP contribution >= 0.6 is 15.9 Å². The van der Waals surface area contributed by atoms with Crippen molar-refractivity contribution in [3.63, 3.8) is 0 Å². The summed E-state index contributed by atoms with van der Waals surface area (Å²) >= 11 is 3.67. The van der Waals surface area contributed by atoms with E-state index in [4.69, 9.17) is 9.72 Å². The predicted octanol–water partition coefficient (Wildman–Crippen LogP) is 8.74. The second-order valence-corrected chi connectivity index (χ2v) is 12.8. The van der Waals surface area contributed by atoms with Gasteiger partial charge >= 0.3 is 0 Å². The second-order valence-electron chi connectivity index (χ2n) is 11.9. The van der Waals surface area contributed by atoms with Gasteiger partial charge in [-0.1, -0.05) is 95.7 Å². The van der Waals surface area contributed by atoms with Crippen LogP contribution in [0.3, 0.4) is 0 Å². The molecule has 5 rings (SSSR count). The molecule has 0 spiro atoms. The predicted molar refractivity (Wildman–Crippen MR) is 168 cm³/mol. The van der Waals surface area contributed by atoms with Crippen molar-refractivity contribution in [3.05, 3.63) is 118 Å². The van der Waals surface area contributed by atoms with Gasteiger partial charge in [-0.05, 0) is 59.0 Å². The molecule has 0 N–H and O–H groups in total. The van der Waals surface area contributed by atoms with E-state index in [0.29, 0.717) is 5.88 Å². The first-order chi connectivity index (χ1) is 18.7. The van der Waals surface area contributed by atoms with Crippen molar-refractivity contribution in [2.24, 2.45) is 0 Å². The van der Waals surface area contributed by atoms with Crippen molar-refractivity contribution in [3.8, 4) is 5.88 Å². The lowest BCUT2D eigenvalue weighted by Crippen LogP contribution is -2.38. The van der Waals surface area contributed by atoms with Crippen LogP contribution in [0.2, 0.25) is 0 Å². The van der Waals surface area contributed by atoms with Gasteiger partial charge in [-0.15, -0.1) is 0 Å². The highest BCUT2D eigenvalue weighted by Crippen LogP contribution is 2.49. The number of halogens is 1. The standard InChI is InChI=1S/C35H38BrN2O/c1-35(20-11-21-38(2,3)4,29-17-16-25-12-9-10-15-27(25)22-29)33(26-13-7-6-8-14-26)31-24-28-23-30(36)18-19-32(28)37-34(31)39-5/h6-10,12-19,22-24,33H,11,20-21H2,1-5H3/q+1. The van der Waals surface area contributed by atoms with Crippen molar-refractivity contribution in [1.82, 2.24) is 4.98 Å². The average Bonchev–Trinajstić information content (AvgIpc) is 2.92. The van der Waals surface area contributed by atoms with E-state index in [2.05, 4.69) is 129 Å². The highest BCUT2D eigenvalue weighted by Gasteiger charge is 2.40. The molecule has 0 saturated carbocycles. The minimum Gasteiger partial charge on any atom is -0.481 e. The fourth-order valence-corrected chi connectivity index (χ4v) is 6.35. The van der Waals surface area contributed by atoms with Crippen LogP contribution in [0.15, 0.2) is 102 Å². The smallest absolute Gasteiger partial charge is 0.217 e. The Bertz CT molecular complexity index is 1590. The third kappa shape index (κ3) is 5.88. The number of quaternary nitrogens is 1. The zero-order valence-electron chi connectivity index (χ0n) is 23.6. The number of pyridine rings is 1. The molecule has 0 saturated heterocycles. The Morgan fingerprint density at radius 2 is 1.54 bits per heavy atom. The number of rotatable bonds is 9. The molecule has 0 aliphatic carbocycles. The normalized spacial score (nSPS) is 14.3. The summed E-state index contributed by atoms with van der Waals surface area (Å²) in [5, 5.41) is 3.64. The largest absolute Gasteiger partial charge is 0.481 e. The summed E-state index contributed by atoms with van der Waals surface area (Å²) < 4.78 is 8.01. The minimum atomic E-state index is -0.213. The summed E-state index contributed by atoms with van der Waals surface area (Å²) in [5.41, 5.74) is 4.45. The molecule has 4 aromatic carbocycles. The Labute approximate surface area is 241 Å². The van der Waals surface area contributed by atoms with Gasteiger partial charge in [-0.3, -0.25) is 0 Å². The number of fused-ring (bicyclic) bond motifs is 2. The number of hydrogen-bond donors (Lipinski definition) is 0. The van der Waals surface area contributed by atoms with Crippen molar-refractivity contribution in [2.75, 3.05) is 34.8 Å². The molecule has 0 bridgehead atoms. The van der Waals surface area contributed by atoms with Crippen LogP contribution in [0, 0.1) is 0 Å². The zero-order chi connectivity index (χ0) is 27.6. The fraction of sp³-hybridized carbons (Fsp3) is 0.286. The maximum absolute atomic E-state index is 6.02. The van der Waals surface area contributed by atoms with Crippen LogP contribution in [0.25, 0.3) is 21.7 Å². The zero-order valence-corrected chi connectivity index (χ0v) is 25.2. The maximum atomic E-state index is 6.02. The second kappa shape index (κ2) is 11.1. The van der Waals surface area contributed by atoms with Gasteiger partial charge in [0.1, 0.15) is 0 Å². The molecule has 5 aromatic rings. The molecule has 3 nitrogen and oxygen atoms in total. The van der Waals surface area contributed by atoms with Crippen LogP contribution in [-0.2, 0) is 5.41 Å². The molecule has 0 aliphatic rings. The van der Waals surface area contributed by atoms with Crippen molar-refractivity contribution in [1.29, 1.82) is 0 Å². The van der Waals surface area contributed by atoms with Crippen LogP contribution < -0.4 is 4.74 Å². The number of hydrogen-bond acceptors (Lipinski definition) is 2. The highest BCUT2D eigenvalue weighted by atomic mass is 79.9. The fourth-order valence-electron chi connectivity index (χ4n) is 5.97. The SMILES string of the molecule is COc1nc2ccc(Br)cc2cc1C(c1ccccc1)C(C)(CCC[N+](C)(C)C)c1ccc2ccccc2c1. The third-order valence-corrected chi connectivity index (χ3v) is 8.47. The molecule has 0 amide bonds. The maximum Gasteiger partial charge on any atom is 0.217 e. The topological polar surface area (TPSA) is 22.1 Å². The first-order valence-corrected chi connectivity index (χ1v) is 14.5. The van der Waals surface area contributed by atoms with E-state index in [0.717, 1.165) is 44.8 Å². The van der Waals surface area contributed by atoms with E-state index in [9.17, 15) is 0 Å². The van der Waals surface area contributed by atoms with Gasteiger partial charge in [-0.25, -0.2) is 4.98 Å². The first kappa shape index (κ1) is 27.4. The quantitative estimate of drug-likeness (QED) is 0.162. The van der Waals surface area contributed by atoms with Crippen LogP contribution in [0.5, 0.6) is 5.88 Å². The van der Waals surface area contributed by atoms with Gasteiger partial charge < -0.3 is 9.22 Å². The van der Waals surface area contributed by atoms with Crippen molar-refractivity contribution < 1.29 is 9.22 Å².